The van der Waals surface area contributed by atoms with Gasteiger partial charge in [0, 0.05) is 13.1 Å². The Morgan fingerprint density at radius 2 is 2.33 bits per heavy atom. The lowest BCUT2D eigenvalue weighted by molar-refractivity contribution is 0.616. The van der Waals surface area contributed by atoms with Crippen LogP contribution < -0.4 is 10.6 Å². The number of aromatic nitrogens is 2. The van der Waals surface area contributed by atoms with E-state index >= 15 is 0 Å². The molecule has 0 unspecified atom stereocenters. The third kappa shape index (κ3) is 2.09. The van der Waals surface area contributed by atoms with Gasteiger partial charge in [0.2, 0.25) is 0 Å². The quantitative estimate of drug-likeness (QED) is 0.769. The van der Waals surface area contributed by atoms with Gasteiger partial charge in [-0.3, -0.25) is 0 Å². The first kappa shape index (κ1) is 9.09. The number of nitrogens with zero attached hydrogens (tertiary/aromatic N) is 2. The van der Waals surface area contributed by atoms with Crippen molar-refractivity contribution in [2.45, 2.75) is 25.8 Å². The summed E-state index contributed by atoms with van der Waals surface area (Å²) in [6.07, 6.45) is 3.81. The molecule has 0 aromatic carbocycles. The smallest absolute Gasteiger partial charge is 0.148 e. The van der Waals surface area contributed by atoms with Gasteiger partial charge in [-0.2, -0.15) is 5.10 Å². The Bertz CT molecular complexity index is 360. The number of hydrogen-bond donors (Lipinski definition) is 2. The Hall–Kier alpha value is -1.16. The van der Waals surface area contributed by atoms with E-state index in [4.69, 9.17) is 0 Å². The minimum atomic E-state index is 0.866. The molecule has 0 atom stereocenters. The van der Waals surface area contributed by atoms with Gasteiger partial charge in [-0.1, -0.05) is 0 Å². The summed E-state index contributed by atoms with van der Waals surface area (Å²) in [6.45, 7) is 2.98. The number of anilines is 1. The van der Waals surface area contributed by atoms with E-state index in [1.165, 1.54) is 18.4 Å². The molecular formula is C11H16N4. The van der Waals surface area contributed by atoms with Gasteiger partial charge in [0.05, 0.1) is 5.69 Å². The van der Waals surface area contributed by atoms with Crippen LogP contribution in [0.1, 0.15) is 24.1 Å². The number of hydrogen-bond acceptors (Lipinski definition) is 4. The maximum absolute atomic E-state index is 4.24. The molecule has 1 aromatic heterocycles. The molecular weight excluding hydrogens is 188 g/mol. The lowest BCUT2D eigenvalue weighted by Crippen LogP contribution is -2.25. The monoisotopic (exact) mass is 204 g/mol. The van der Waals surface area contributed by atoms with Crippen molar-refractivity contribution in [1.29, 1.82) is 0 Å². The normalized spacial score (nSPS) is 19.7. The van der Waals surface area contributed by atoms with Crippen molar-refractivity contribution >= 4 is 5.82 Å². The van der Waals surface area contributed by atoms with E-state index in [-0.39, 0.29) is 0 Å². The van der Waals surface area contributed by atoms with Crippen LogP contribution in [0.3, 0.4) is 0 Å². The van der Waals surface area contributed by atoms with E-state index in [0.717, 1.165) is 43.5 Å². The van der Waals surface area contributed by atoms with Crippen LogP contribution in [0.5, 0.6) is 0 Å². The highest BCUT2D eigenvalue weighted by atomic mass is 15.2. The van der Waals surface area contributed by atoms with Gasteiger partial charge in [-0.15, -0.1) is 5.10 Å². The summed E-state index contributed by atoms with van der Waals surface area (Å²) < 4.78 is 0. The molecule has 0 bridgehead atoms. The van der Waals surface area contributed by atoms with Gasteiger partial charge in [0.15, 0.2) is 0 Å². The van der Waals surface area contributed by atoms with Crippen molar-refractivity contribution in [2.24, 2.45) is 5.92 Å². The predicted molar refractivity (Wildman–Crippen MR) is 58.7 cm³/mol. The summed E-state index contributed by atoms with van der Waals surface area (Å²) in [4.78, 5) is 0. The van der Waals surface area contributed by atoms with Gasteiger partial charge in [0.1, 0.15) is 5.82 Å². The zero-order chi connectivity index (χ0) is 10.1. The Balaban J connectivity index is 1.71. The summed E-state index contributed by atoms with van der Waals surface area (Å²) in [5.74, 6) is 1.83. The predicted octanol–water partition coefficient (Wildman–Crippen LogP) is 0.944. The van der Waals surface area contributed by atoms with Crippen LogP contribution in [0, 0.1) is 5.92 Å². The summed E-state index contributed by atoms with van der Waals surface area (Å²) in [7, 11) is 0. The van der Waals surface area contributed by atoms with Crippen LogP contribution in [0.4, 0.5) is 5.82 Å². The van der Waals surface area contributed by atoms with Gasteiger partial charge >= 0.3 is 0 Å². The van der Waals surface area contributed by atoms with E-state index in [2.05, 4.69) is 26.9 Å². The second-order valence-corrected chi connectivity index (χ2v) is 4.45. The lowest BCUT2D eigenvalue weighted by Gasteiger charge is -2.16. The van der Waals surface area contributed by atoms with Gasteiger partial charge in [0.25, 0.3) is 0 Å². The molecule has 0 radical (unpaired) electrons. The molecule has 0 amide bonds. The molecule has 80 valence electrons. The lowest BCUT2D eigenvalue weighted by atomic mass is 10.1. The molecule has 1 fully saturated rings. The maximum atomic E-state index is 4.24. The zero-order valence-corrected chi connectivity index (χ0v) is 8.79. The van der Waals surface area contributed by atoms with Gasteiger partial charge in [-0.25, -0.2) is 0 Å². The van der Waals surface area contributed by atoms with Crippen LogP contribution in [0.25, 0.3) is 0 Å². The molecule has 1 aromatic rings. The van der Waals surface area contributed by atoms with Crippen molar-refractivity contribution in [1.82, 2.24) is 15.5 Å². The Morgan fingerprint density at radius 3 is 3.20 bits per heavy atom. The van der Waals surface area contributed by atoms with Crippen LogP contribution in [-0.2, 0) is 13.0 Å². The highest BCUT2D eigenvalue weighted by molar-refractivity contribution is 5.39. The molecule has 15 heavy (non-hydrogen) atoms. The van der Waals surface area contributed by atoms with Crippen LogP contribution in [-0.4, -0.2) is 23.3 Å². The van der Waals surface area contributed by atoms with Crippen molar-refractivity contribution in [3.63, 3.8) is 0 Å². The van der Waals surface area contributed by atoms with Crippen molar-refractivity contribution in [3.8, 4) is 0 Å². The van der Waals surface area contributed by atoms with Gasteiger partial charge in [-0.05, 0) is 43.4 Å². The third-order valence-electron chi connectivity index (χ3n) is 3.09. The molecule has 1 aliphatic heterocycles. The highest BCUT2D eigenvalue weighted by Crippen LogP contribution is 2.28. The summed E-state index contributed by atoms with van der Waals surface area (Å²) in [5.41, 5.74) is 2.46. The van der Waals surface area contributed by atoms with Crippen molar-refractivity contribution in [3.05, 3.63) is 17.3 Å². The van der Waals surface area contributed by atoms with Crippen LogP contribution >= 0.6 is 0 Å². The molecule has 3 rings (SSSR count). The molecule has 2 N–H and O–H groups in total. The molecule has 4 nitrogen and oxygen atoms in total. The van der Waals surface area contributed by atoms with E-state index < -0.39 is 0 Å². The average Bonchev–Trinajstić information content (AvgIpc) is 3.10. The maximum Gasteiger partial charge on any atom is 0.148 e. The molecule has 1 aliphatic carbocycles. The first-order valence-corrected chi connectivity index (χ1v) is 5.72. The third-order valence-corrected chi connectivity index (χ3v) is 3.09. The molecule has 1 saturated carbocycles. The van der Waals surface area contributed by atoms with E-state index in [9.17, 15) is 0 Å². The summed E-state index contributed by atoms with van der Waals surface area (Å²) >= 11 is 0. The highest BCUT2D eigenvalue weighted by Gasteiger charge is 2.21. The average molecular weight is 204 g/mol. The van der Waals surface area contributed by atoms with Crippen molar-refractivity contribution < 1.29 is 0 Å². The Labute approximate surface area is 89.5 Å². The molecule has 0 spiro atoms. The summed E-state index contributed by atoms with van der Waals surface area (Å²) in [5, 5.41) is 15.1. The van der Waals surface area contributed by atoms with Crippen molar-refractivity contribution in [2.75, 3.05) is 18.4 Å². The fourth-order valence-electron chi connectivity index (χ4n) is 1.91. The first-order chi connectivity index (χ1) is 7.42. The van der Waals surface area contributed by atoms with Crippen LogP contribution in [0.15, 0.2) is 6.07 Å². The fourth-order valence-corrected chi connectivity index (χ4v) is 1.91. The molecule has 0 saturated heterocycles. The largest absolute Gasteiger partial charge is 0.368 e. The number of nitrogens with one attached hydrogen (secondary N) is 2. The molecule has 2 aliphatic rings. The molecule has 2 heterocycles. The minimum absolute atomic E-state index is 0.866. The van der Waals surface area contributed by atoms with E-state index in [0.29, 0.717) is 0 Å². The number of rotatable bonds is 3. The minimum Gasteiger partial charge on any atom is -0.368 e. The fraction of sp³-hybridized carbons (Fsp3) is 0.636. The second kappa shape index (κ2) is 3.77. The van der Waals surface area contributed by atoms with Gasteiger partial charge < -0.3 is 10.6 Å². The summed E-state index contributed by atoms with van der Waals surface area (Å²) in [6, 6.07) is 2.16. The van der Waals surface area contributed by atoms with E-state index in [1.807, 2.05) is 0 Å². The van der Waals surface area contributed by atoms with Crippen LogP contribution in [0.2, 0.25) is 0 Å². The second-order valence-electron chi connectivity index (χ2n) is 4.45. The molecule has 4 heteroatoms. The number of fused-ring (bicyclic) bond motifs is 1. The Kier molecular flexibility index (Phi) is 2.29. The Morgan fingerprint density at radius 1 is 1.40 bits per heavy atom. The first-order valence-electron chi connectivity index (χ1n) is 5.72. The topological polar surface area (TPSA) is 49.8 Å². The standard InChI is InChI=1S/C11H16N4/c1-2-8(1)6-13-11-5-9-3-4-12-7-10(9)14-15-11/h5,8,12H,1-4,6-7H2,(H,13,15). The zero-order valence-electron chi connectivity index (χ0n) is 8.79. The van der Waals surface area contributed by atoms with E-state index in [1.54, 1.807) is 0 Å². The SMILES string of the molecule is c1c(NCC2CC2)nnc2c1CCNC2.